The lowest BCUT2D eigenvalue weighted by Gasteiger charge is -2.27. The van der Waals surface area contributed by atoms with E-state index < -0.39 is 17.7 Å². The van der Waals surface area contributed by atoms with E-state index in [-0.39, 0.29) is 17.9 Å². The van der Waals surface area contributed by atoms with Gasteiger partial charge in [0.25, 0.3) is 11.7 Å². The lowest BCUT2D eigenvalue weighted by Crippen LogP contribution is -2.29. The molecular weight excluding hydrogens is 454 g/mol. The van der Waals surface area contributed by atoms with Crippen LogP contribution in [0.1, 0.15) is 42.1 Å². The fourth-order valence-electron chi connectivity index (χ4n) is 4.68. The first-order chi connectivity index (χ1) is 17.4. The molecule has 7 nitrogen and oxygen atoms in total. The first-order valence-electron chi connectivity index (χ1n) is 12.1. The van der Waals surface area contributed by atoms with E-state index in [4.69, 9.17) is 4.74 Å². The van der Waals surface area contributed by atoms with Gasteiger partial charge in [-0.15, -0.1) is 0 Å². The van der Waals surface area contributed by atoms with Gasteiger partial charge < -0.3 is 19.6 Å². The highest BCUT2D eigenvalue weighted by molar-refractivity contribution is 6.46. The monoisotopic (exact) mass is 485 g/mol. The molecule has 1 fully saturated rings. The fourth-order valence-corrected chi connectivity index (χ4v) is 4.68. The minimum atomic E-state index is -0.755. The Hall–Kier alpha value is -4.13. The molecule has 36 heavy (non-hydrogen) atoms. The van der Waals surface area contributed by atoms with Crippen molar-refractivity contribution >= 4 is 23.1 Å². The van der Waals surface area contributed by atoms with Gasteiger partial charge in [0, 0.05) is 37.7 Å². The zero-order chi connectivity index (χ0) is 25.8. The van der Waals surface area contributed by atoms with Crippen molar-refractivity contribution in [2.75, 3.05) is 25.1 Å². The van der Waals surface area contributed by atoms with Crippen LogP contribution in [-0.4, -0.2) is 46.9 Å². The number of amides is 1. The highest BCUT2D eigenvalue weighted by atomic mass is 16.5. The molecule has 1 aliphatic rings. The number of hydrogen-bond acceptors (Lipinski definition) is 6. The average molecular weight is 486 g/mol. The fraction of sp³-hybridized carbons (Fsp3) is 0.276. The summed E-state index contributed by atoms with van der Waals surface area (Å²) >= 11 is 0. The number of anilines is 1. The van der Waals surface area contributed by atoms with Gasteiger partial charge in [0.1, 0.15) is 11.5 Å². The van der Waals surface area contributed by atoms with E-state index in [0.29, 0.717) is 11.3 Å². The van der Waals surface area contributed by atoms with Gasteiger partial charge in [-0.25, -0.2) is 0 Å². The lowest BCUT2D eigenvalue weighted by molar-refractivity contribution is -0.140. The molecule has 1 N–H and O–H groups in total. The summed E-state index contributed by atoms with van der Waals surface area (Å²) < 4.78 is 5.46. The predicted molar refractivity (Wildman–Crippen MR) is 140 cm³/mol. The number of benzene rings is 2. The van der Waals surface area contributed by atoms with Gasteiger partial charge in [0.15, 0.2) is 0 Å². The summed E-state index contributed by atoms with van der Waals surface area (Å²) in [6.07, 6.45) is 3.30. The van der Waals surface area contributed by atoms with Gasteiger partial charge in [0.2, 0.25) is 0 Å². The summed E-state index contributed by atoms with van der Waals surface area (Å²) in [6.45, 7) is 8.01. The number of aliphatic hydroxyl groups excluding tert-OH is 1. The van der Waals surface area contributed by atoms with E-state index in [1.807, 2.05) is 49.4 Å². The number of hydrogen-bond donors (Lipinski definition) is 1. The van der Waals surface area contributed by atoms with Crippen molar-refractivity contribution in [3.8, 4) is 5.75 Å². The number of pyridine rings is 1. The van der Waals surface area contributed by atoms with Gasteiger partial charge in [-0.1, -0.05) is 23.8 Å². The predicted octanol–water partition coefficient (Wildman–Crippen LogP) is 4.87. The third-order valence-electron chi connectivity index (χ3n) is 6.59. The Morgan fingerprint density at radius 3 is 2.31 bits per heavy atom. The van der Waals surface area contributed by atoms with Gasteiger partial charge in [0.05, 0.1) is 24.3 Å². The summed E-state index contributed by atoms with van der Waals surface area (Å²) in [6, 6.07) is 16.0. The second-order valence-corrected chi connectivity index (χ2v) is 8.75. The Bertz CT molecular complexity index is 1280. The molecule has 1 aromatic heterocycles. The number of aryl methyl sites for hydroxylation is 1. The van der Waals surface area contributed by atoms with Crippen molar-refractivity contribution < 1.29 is 19.4 Å². The van der Waals surface area contributed by atoms with Crippen LogP contribution in [0.2, 0.25) is 0 Å². The van der Waals surface area contributed by atoms with Crippen LogP contribution in [0.25, 0.3) is 5.76 Å². The molecule has 0 radical (unpaired) electrons. The number of nitrogens with zero attached hydrogens (tertiary/aromatic N) is 3. The maximum Gasteiger partial charge on any atom is 0.295 e. The largest absolute Gasteiger partial charge is 0.507 e. The molecule has 2 heterocycles. The second kappa shape index (κ2) is 10.6. The second-order valence-electron chi connectivity index (χ2n) is 8.75. The van der Waals surface area contributed by atoms with Crippen LogP contribution >= 0.6 is 0 Å². The Morgan fingerprint density at radius 1 is 1.03 bits per heavy atom. The summed E-state index contributed by atoms with van der Waals surface area (Å²) in [5.41, 5.74) is 3.95. The first kappa shape index (κ1) is 25.0. The van der Waals surface area contributed by atoms with Gasteiger partial charge >= 0.3 is 0 Å². The molecule has 0 aliphatic carbocycles. The van der Waals surface area contributed by atoms with Crippen LogP contribution in [0, 0.1) is 6.92 Å². The molecule has 1 unspecified atom stereocenters. The van der Waals surface area contributed by atoms with E-state index in [1.54, 1.807) is 24.5 Å². The van der Waals surface area contributed by atoms with Crippen molar-refractivity contribution in [2.24, 2.45) is 0 Å². The molecule has 1 aliphatic heterocycles. The van der Waals surface area contributed by atoms with Crippen molar-refractivity contribution in [3.63, 3.8) is 0 Å². The zero-order valence-corrected chi connectivity index (χ0v) is 21.1. The van der Waals surface area contributed by atoms with Crippen molar-refractivity contribution in [2.45, 2.75) is 33.4 Å². The summed E-state index contributed by atoms with van der Waals surface area (Å²) in [5, 5.41) is 11.5. The van der Waals surface area contributed by atoms with E-state index in [1.165, 1.54) is 12.0 Å². The van der Waals surface area contributed by atoms with Crippen molar-refractivity contribution in [1.82, 2.24) is 9.88 Å². The van der Waals surface area contributed by atoms with Crippen LogP contribution in [0.15, 0.2) is 72.6 Å². The van der Waals surface area contributed by atoms with E-state index in [2.05, 4.69) is 23.7 Å². The molecule has 0 saturated carbocycles. The van der Waals surface area contributed by atoms with Crippen molar-refractivity contribution in [3.05, 3.63) is 94.8 Å². The quantitative estimate of drug-likeness (QED) is 0.279. The van der Waals surface area contributed by atoms with Gasteiger partial charge in [-0.3, -0.25) is 14.6 Å². The minimum Gasteiger partial charge on any atom is -0.507 e. The minimum absolute atomic E-state index is 0.0496. The number of aromatic nitrogens is 1. The lowest BCUT2D eigenvalue weighted by atomic mass is 9.94. The highest BCUT2D eigenvalue weighted by Gasteiger charge is 2.46. The molecule has 1 amide bonds. The van der Waals surface area contributed by atoms with Crippen molar-refractivity contribution in [1.29, 1.82) is 0 Å². The van der Waals surface area contributed by atoms with Gasteiger partial charge in [-0.05, 0) is 68.3 Å². The third-order valence-corrected chi connectivity index (χ3v) is 6.59. The van der Waals surface area contributed by atoms with Crippen LogP contribution in [0.5, 0.6) is 5.75 Å². The van der Waals surface area contributed by atoms with Crippen LogP contribution < -0.4 is 9.64 Å². The summed E-state index contributed by atoms with van der Waals surface area (Å²) in [7, 11) is 1.51. The Balaban J connectivity index is 1.88. The van der Waals surface area contributed by atoms with Crippen LogP contribution in [-0.2, 0) is 16.1 Å². The van der Waals surface area contributed by atoms with E-state index >= 15 is 0 Å². The molecule has 4 rings (SSSR count). The topological polar surface area (TPSA) is 83.0 Å². The number of carbonyl (C=O) groups excluding carboxylic acids is 2. The average Bonchev–Trinajstić information content (AvgIpc) is 3.15. The molecule has 186 valence electrons. The highest BCUT2D eigenvalue weighted by Crippen LogP contribution is 2.42. The van der Waals surface area contributed by atoms with Crippen LogP contribution in [0.3, 0.4) is 0 Å². The normalized spacial score (nSPS) is 16.9. The number of carbonyl (C=O) groups is 2. The molecule has 7 heteroatoms. The maximum absolute atomic E-state index is 13.4. The molecule has 0 spiro atoms. The first-order valence-corrected chi connectivity index (χ1v) is 12.1. The summed E-state index contributed by atoms with van der Waals surface area (Å²) in [5.74, 6) is -1.20. The Morgan fingerprint density at radius 2 is 1.69 bits per heavy atom. The Labute approximate surface area is 211 Å². The standard InChI is InChI=1S/C29H31N3O4/c1-5-31(6-2)22-10-8-21(9-11-22)26-25(27(33)23-17-19(3)7-12-24(23)36-4)28(34)29(35)32(26)18-20-13-15-30-16-14-20/h7-17,26,33H,5-6,18H2,1-4H3/b27-25+. The smallest absolute Gasteiger partial charge is 0.295 e. The molecule has 3 aromatic rings. The van der Waals surface area contributed by atoms with E-state index in [9.17, 15) is 14.7 Å². The molecule has 1 saturated heterocycles. The SMILES string of the molecule is CCN(CC)c1ccc(C2/C(=C(\O)c3cc(C)ccc3OC)C(=O)C(=O)N2Cc2ccncc2)cc1. The number of methoxy groups -OCH3 is 1. The molecule has 1 atom stereocenters. The van der Waals surface area contributed by atoms with E-state index in [0.717, 1.165) is 35.5 Å². The molecular formula is C29H31N3O4. The molecule has 2 aromatic carbocycles. The molecule has 0 bridgehead atoms. The number of rotatable bonds is 8. The van der Waals surface area contributed by atoms with Crippen LogP contribution in [0.4, 0.5) is 5.69 Å². The number of aliphatic hydroxyl groups is 1. The summed E-state index contributed by atoms with van der Waals surface area (Å²) in [4.78, 5) is 34.5. The van der Waals surface area contributed by atoms with Gasteiger partial charge in [-0.2, -0.15) is 0 Å². The number of Topliss-reactive ketones (excluding diaryl/α,β-unsaturated/α-hetero) is 1. The maximum atomic E-state index is 13.4. The number of ether oxygens (including phenoxy) is 1. The number of ketones is 1. The Kier molecular flexibility index (Phi) is 7.38. The third kappa shape index (κ3) is 4.69. The number of likely N-dealkylation sites (tertiary alicyclic amines) is 1. The zero-order valence-electron chi connectivity index (χ0n) is 21.1.